The molecule has 1 heterocycles. The Labute approximate surface area is 385 Å². The molecule has 0 amide bonds. The third-order valence-corrected chi connectivity index (χ3v) is 14.3. The summed E-state index contributed by atoms with van der Waals surface area (Å²) in [6.07, 6.45) is 1.76. The smallest absolute Gasteiger partial charge is 0.133 e. The number of rotatable bonds is 8. The van der Waals surface area contributed by atoms with Gasteiger partial charge >= 0.3 is 0 Å². The van der Waals surface area contributed by atoms with Crippen molar-refractivity contribution in [2.75, 3.05) is 4.90 Å². The zero-order valence-electron chi connectivity index (χ0n) is 36.2. The first-order valence-corrected chi connectivity index (χ1v) is 22.8. The van der Waals surface area contributed by atoms with Crippen molar-refractivity contribution < 1.29 is 4.42 Å². The van der Waals surface area contributed by atoms with Crippen LogP contribution in [-0.4, -0.2) is 0 Å². The summed E-state index contributed by atoms with van der Waals surface area (Å²) in [5.74, 6) is 0. The van der Waals surface area contributed by atoms with Crippen molar-refractivity contribution in [2.45, 2.75) is 10.8 Å². The highest BCUT2D eigenvalue weighted by atomic mass is 16.3. The van der Waals surface area contributed by atoms with Crippen molar-refractivity contribution in [2.24, 2.45) is 0 Å². The van der Waals surface area contributed by atoms with E-state index >= 15 is 0 Å². The Balaban J connectivity index is 1.09. The SMILES string of the molecule is c1ccc(C2(c3ccccc3)c3ccccc3-c3cc(N(c4ccc(-c5ccc6occc6c5)cc4)c4cccc5c4C(c4ccccc4)(c4ccccc4)c4ccccc4-5)ccc32)cc1. The molecule has 2 nitrogen and oxygen atoms in total. The molecule has 0 atom stereocenters. The molecule has 2 aliphatic carbocycles. The van der Waals surface area contributed by atoms with Crippen LogP contribution in [0.4, 0.5) is 17.1 Å². The molecule has 0 aliphatic heterocycles. The minimum Gasteiger partial charge on any atom is -0.464 e. The van der Waals surface area contributed by atoms with Gasteiger partial charge in [-0.2, -0.15) is 0 Å². The van der Waals surface area contributed by atoms with Crippen LogP contribution >= 0.6 is 0 Å². The first kappa shape index (κ1) is 38.0. The van der Waals surface area contributed by atoms with E-state index in [2.05, 4.69) is 254 Å². The Kier molecular flexibility index (Phi) is 8.69. The maximum Gasteiger partial charge on any atom is 0.133 e. The molecule has 310 valence electrons. The first-order valence-electron chi connectivity index (χ1n) is 22.8. The van der Waals surface area contributed by atoms with Gasteiger partial charge in [0, 0.05) is 22.3 Å². The quantitative estimate of drug-likeness (QED) is 0.152. The highest BCUT2D eigenvalue weighted by molar-refractivity contribution is 5.96. The summed E-state index contributed by atoms with van der Waals surface area (Å²) < 4.78 is 5.71. The molecule has 2 heteroatoms. The predicted octanol–water partition coefficient (Wildman–Crippen LogP) is 16.3. The fourth-order valence-corrected chi connectivity index (χ4v) is 11.6. The van der Waals surface area contributed by atoms with Gasteiger partial charge in [0.1, 0.15) is 5.58 Å². The summed E-state index contributed by atoms with van der Waals surface area (Å²) in [7, 11) is 0. The first-order chi connectivity index (χ1) is 32.7. The Morgan fingerprint density at radius 3 is 1.42 bits per heavy atom. The topological polar surface area (TPSA) is 16.4 Å². The summed E-state index contributed by atoms with van der Waals surface area (Å²) in [5.41, 5.74) is 20.5. The van der Waals surface area contributed by atoms with Gasteiger partial charge in [0.15, 0.2) is 0 Å². The lowest BCUT2D eigenvalue weighted by molar-refractivity contribution is 0.616. The van der Waals surface area contributed by atoms with Crippen molar-refractivity contribution in [3.8, 4) is 33.4 Å². The van der Waals surface area contributed by atoms with Gasteiger partial charge in [0.05, 0.1) is 22.8 Å². The van der Waals surface area contributed by atoms with Crippen LogP contribution in [0.25, 0.3) is 44.3 Å². The average Bonchev–Trinajstić information content (AvgIpc) is 4.08. The largest absolute Gasteiger partial charge is 0.464 e. The normalized spacial score (nSPS) is 13.7. The second-order valence-electron chi connectivity index (χ2n) is 17.5. The second-order valence-corrected chi connectivity index (χ2v) is 17.5. The molecule has 2 aliphatic rings. The van der Waals surface area contributed by atoms with Crippen LogP contribution in [0.3, 0.4) is 0 Å². The fourth-order valence-electron chi connectivity index (χ4n) is 11.6. The van der Waals surface area contributed by atoms with Crippen LogP contribution in [0.2, 0.25) is 0 Å². The van der Waals surface area contributed by atoms with Crippen LogP contribution in [0.5, 0.6) is 0 Å². The number of anilines is 3. The summed E-state index contributed by atoms with van der Waals surface area (Å²) in [6.45, 7) is 0. The van der Waals surface area contributed by atoms with Crippen molar-refractivity contribution in [3.05, 3.63) is 306 Å². The molecule has 0 saturated carbocycles. The minimum atomic E-state index is -0.609. The highest BCUT2D eigenvalue weighted by Gasteiger charge is 2.49. The summed E-state index contributed by atoms with van der Waals surface area (Å²) in [5, 5.41) is 1.09. The van der Waals surface area contributed by atoms with Crippen LogP contribution < -0.4 is 4.90 Å². The van der Waals surface area contributed by atoms with E-state index in [0.717, 1.165) is 39.2 Å². The van der Waals surface area contributed by atoms with Gasteiger partial charge in [-0.1, -0.05) is 206 Å². The monoisotopic (exact) mass is 841 g/mol. The predicted molar refractivity (Wildman–Crippen MR) is 271 cm³/mol. The maximum atomic E-state index is 5.71. The standard InChI is InChI=1S/C64H43NO/c1-5-18-47(19-6-1)63(48-20-7-2-8-21-48)57-29-15-14-27-54(57)56-43-52(37-38-59(56)63)65(51-35-32-44(33-36-51)45-34-39-61-46(42-45)40-41-66-61)60-31-17-28-55-53-26-13-16-30-58(53)64(62(55)60,49-22-9-3-10-23-49)50-24-11-4-12-25-50/h1-43H. The lowest BCUT2D eigenvalue weighted by Gasteiger charge is -2.38. The highest BCUT2D eigenvalue weighted by Crippen LogP contribution is 2.61. The number of furan rings is 1. The van der Waals surface area contributed by atoms with E-state index < -0.39 is 10.8 Å². The molecule has 0 N–H and O–H groups in total. The van der Waals surface area contributed by atoms with E-state index in [9.17, 15) is 0 Å². The Morgan fingerprint density at radius 1 is 0.318 bits per heavy atom. The number of hydrogen-bond donors (Lipinski definition) is 0. The minimum absolute atomic E-state index is 0.499. The van der Waals surface area contributed by atoms with Crippen molar-refractivity contribution >= 4 is 28.0 Å². The summed E-state index contributed by atoms with van der Waals surface area (Å²) in [6, 6.07) is 94.1. The fraction of sp³-hybridized carbons (Fsp3) is 0.0312. The second kappa shape index (κ2) is 15.1. The lowest BCUT2D eigenvalue weighted by Crippen LogP contribution is -2.30. The molecule has 11 aromatic rings. The van der Waals surface area contributed by atoms with Crippen molar-refractivity contribution in [1.29, 1.82) is 0 Å². The zero-order chi connectivity index (χ0) is 43.7. The molecule has 1 aromatic heterocycles. The van der Waals surface area contributed by atoms with Gasteiger partial charge in [-0.05, 0) is 121 Å². The van der Waals surface area contributed by atoms with E-state index in [0.29, 0.717) is 0 Å². The van der Waals surface area contributed by atoms with Gasteiger partial charge < -0.3 is 9.32 Å². The molecule has 0 bridgehead atoms. The third kappa shape index (κ3) is 5.49. The summed E-state index contributed by atoms with van der Waals surface area (Å²) in [4.78, 5) is 2.52. The van der Waals surface area contributed by atoms with Gasteiger partial charge in [0.25, 0.3) is 0 Å². The molecule has 13 rings (SSSR count). The molecule has 0 saturated heterocycles. The van der Waals surface area contributed by atoms with Crippen molar-refractivity contribution in [1.82, 2.24) is 0 Å². The number of nitrogens with zero attached hydrogens (tertiary/aromatic N) is 1. The van der Waals surface area contributed by atoms with E-state index in [1.54, 1.807) is 6.26 Å². The number of benzene rings is 10. The Bertz CT molecular complexity index is 3490. The van der Waals surface area contributed by atoms with Crippen molar-refractivity contribution in [3.63, 3.8) is 0 Å². The molecule has 0 radical (unpaired) electrons. The molecular formula is C64H43NO. The number of hydrogen-bond acceptors (Lipinski definition) is 2. The van der Waals surface area contributed by atoms with Gasteiger partial charge in [0.2, 0.25) is 0 Å². The van der Waals surface area contributed by atoms with E-state index in [4.69, 9.17) is 4.42 Å². The maximum absolute atomic E-state index is 5.71. The van der Waals surface area contributed by atoms with Crippen LogP contribution in [0.1, 0.15) is 44.5 Å². The Morgan fingerprint density at radius 2 is 0.803 bits per heavy atom. The van der Waals surface area contributed by atoms with Gasteiger partial charge in [-0.3, -0.25) is 0 Å². The molecule has 0 fully saturated rings. The zero-order valence-corrected chi connectivity index (χ0v) is 36.2. The molecule has 10 aromatic carbocycles. The van der Waals surface area contributed by atoms with E-state index in [-0.39, 0.29) is 0 Å². The third-order valence-electron chi connectivity index (χ3n) is 14.3. The van der Waals surface area contributed by atoms with Gasteiger partial charge in [-0.25, -0.2) is 0 Å². The summed E-state index contributed by atoms with van der Waals surface area (Å²) >= 11 is 0. The van der Waals surface area contributed by atoms with Gasteiger partial charge in [-0.15, -0.1) is 0 Å². The Hall–Kier alpha value is -8.46. The number of fused-ring (bicyclic) bond motifs is 7. The van der Waals surface area contributed by atoms with Crippen LogP contribution in [0.15, 0.2) is 265 Å². The molecule has 0 unspecified atom stereocenters. The lowest BCUT2D eigenvalue weighted by atomic mass is 9.67. The average molecular weight is 842 g/mol. The molecule has 66 heavy (non-hydrogen) atoms. The van der Waals surface area contributed by atoms with Crippen LogP contribution in [0, 0.1) is 0 Å². The molecule has 0 spiro atoms. The van der Waals surface area contributed by atoms with E-state index in [1.807, 2.05) is 6.07 Å². The van der Waals surface area contributed by atoms with Crippen LogP contribution in [-0.2, 0) is 10.8 Å². The van der Waals surface area contributed by atoms with E-state index in [1.165, 1.54) is 66.8 Å². The molecular weight excluding hydrogens is 799 g/mol.